The van der Waals surface area contributed by atoms with E-state index in [1.54, 1.807) is 41.4 Å². The molecule has 3 rings (SSSR count). The molecule has 0 atom stereocenters. The molecule has 0 saturated carbocycles. The molecule has 7 heteroatoms. The smallest absolute Gasteiger partial charge is 0.315 e. The lowest BCUT2D eigenvalue weighted by atomic mass is 10.2. The molecule has 1 fully saturated rings. The van der Waals surface area contributed by atoms with Crippen molar-refractivity contribution in [1.29, 1.82) is 0 Å². The summed E-state index contributed by atoms with van der Waals surface area (Å²) in [5.41, 5.74) is 1.27. The highest BCUT2D eigenvalue weighted by Crippen LogP contribution is 2.19. The summed E-state index contributed by atoms with van der Waals surface area (Å²) in [6.45, 7) is 1.08. The van der Waals surface area contributed by atoms with E-state index < -0.39 is 0 Å². The van der Waals surface area contributed by atoms with Gasteiger partial charge in [-0.25, -0.2) is 14.2 Å². The minimum Gasteiger partial charge on any atom is -0.334 e. The number of nitrogens with one attached hydrogen (secondary N) is 2. The second-order valence-corrected chi connectivity index (χ2v) is 5.80. The lowest BCUT2D eigenvalue weighted by Crippen LogP contribution is -2.34. The molecule has 0 spiro atoms. The highest BCUT2D eigenvalue weighted by atomic mass is 19.1. The van der Waals surface area contributed by atoms with Crippen LogP contribution in [0.1, 0.15) is 24.0 Å². The van der Waals surface area contributed by atoms with E-state index in [0.717, 1.165) is 12.0 Å². The molecular formula is C18H19FN4O2. The van der Waals surface area contributed by atoms with Crippen molar-refractivity contribution >= 4 is 17.8 Å². The first-order chi connectivity index (χ1) is 12.1. The van der Waals surface area contributed by atoms with Crippen molar-refractivity contribution in [3.05, 3.63) is 59.5 Å². The van der Waals surface area contributed by atoms with Crippen LogP contribution in [0.4, 0.5) is 15.0 Å². The van der Waals surface area contributed by atoms with Crippen molar-refractivity contribution in [2.24, 2.45) is 0 Å². The zero-order valence-electron chi connectivity index (χ0n) is 13.7. The third kappa shape index (κ3) is 4.32. The minimum absolute atomic E-state index is 0.0697. The average molecular weight is 342 g/mol. The number of carbonyl (C=O) groups is 2. The number of anilines is 1. The Morgan fingerprint density at radius 1 is 1.20 bits per heavy atom. The SMILES string of the molecule is O=C(NCc1ccnc(N2CCCC2=O)c1)NCc1ccccc1F. The van der Waals surface area contributed by atoms with Crippen LogP contribution < -0.4 is 15.5 Å². The molecule has 6 nitrogen and oxygen atoms in total. The minimum atomic E-state index is -0.390. The molecule has 0 radical (unpaired) electrons. The second-order valence-electron chi connectivity index (χ2n) is 5.80. The first-order valence-electron chi connectivity index (χ1n) is 8.14. The number of hydrogen-bond donors (Lipinski definition) is 2. The van der Waals surface area contributed by atoms with Crippen LogP contribution in [0.25, 0.3) is 0 Å². The van der Waals surface area contributed by atoms with Gasteiger partial charge in [0.15, 0.2) is 0 Å². The van der Waals surface area contributed by atoms with Crippen molar-refractivity contribution in [3.63, 3.8) is 0 Å². The number of urea groups is 1. The fourth-order valence-corrected chi connectivity index (χ4v) is 2.67. The predicted octanol–water partition coefficient (Wildman–Crippen LogP) is 2.35. The number of pyridine rings is 1. The van der Waals surface area contributed by atoms with E-state index in [1.807, 2.05) is 0 Å². The second kappa shape index (κ2) is 7.74. The van der Waals surface area contributed by atoms with Gasteiger partial charge in [0.2, 0.25) is 5.91 Å². The predicted molar refractivity (Wildman–Crippen MR) is 91.3 cm³/mol. The Hall–Kier alpha value is -2.96. The largest absolute Gasteiger partial charge is 0.334 e. The molecule has 2 aromatic rings. The summed E-state index contributed by atoms with van der Waals surface area (Å²) in [6.07, 6.45) is 3.00. The van der Waals surface area contributed by atoms with Gasteiger partial charge in [-0.05, 0) is 30.2 Å². The Morgan fingerprint density at radius 2 is 2.00 bits per heavy atom. The fourth-order valence-electron chi connectivity index (χ4n) is 2.67. The van der Waals surface area contributed by atoms with Crippen LogP contribution in [-0.4, -0.2) is 23.5 Å². The summed E-state index contributed by atoms with van der Waals surface area (Å²) in [5, 5.41) is 5.33. The summed E-state index contributed by atoms with van der Waals surface area (Å²) < 4.78 is 13.5. The maximum absolute atomic E-state index is 13.5. The maximum atomic E-state index is 13.5. The first-order valence-corrected chi connectivity index (χ1v) is 8.14. The van der Waals surface area contributed by atoms with Crippen LogP contribution in [0.5, 0.6) is 0 Å². The molecule has 1 saturated heterocycles. The zero-order valence-corrected chi connectivity index (χ0v) is 13.7. The topological polar surface area (TPSA) is 74.3 Å². The fraction of sp³-hybridized carbons (Fsp3) is 0.278. The van der Waals surface area contributed by atoms with E-state index in [4.69, 9.17) is 0 Å². The van der Waals surface area contributed by atoms with Gasteiger partial charge in [-0.1, -0.05) is 18.2 Å². The van der Waals surface area contributed by atoms with Crippen LogP contribution in [-0.2, 0) is 17.9 Å². The molecule has 0 bridgehead atoms. The Kier molecular flexibility index (Phi) is 5.23. The monoisotopic (exact) mass is 342 g/mol. The van der Waals surface area contributed by atoms with Crippen molar-refractivity contribution < 1.29 is 14.0 Å². The molecule has 2 heterocycles. The summed E-state index contributed by atoms with van der Waals surface area (Å²) in [6, 6.07) is 9.48. The molecule has 1 aromatic carbocycles. The summed E-state index contributed by atoms with van der Waals surface area (Å²) in [7, 11) is 0. The van der Waals surface area contributed by atoms with Gasteiger partial charge in [-0.15, -0.1) is 0 Å². The van der Waals surface area contributed by atoms with Crippen LogP contribution in [0, 0.1) is 5.82 Å². The third-order valence-electron chi connectivity index (χ3n) is 4.01. The van der Waals surface area contributed by atoms with Crippen molar-refractivity contribution in [1.82, 2.24) is 15.6 Å². The Morgan fingerprint density at radius 3 is 2.76 bits per heavy atom. The summed E-state index contributed by atoms with van der Waals surface area (Å²) >= 11 is 0. The highest BCUT2D eigenvalue weighted by Gasteiger charge is 2.22. The van der Waals surface area contributed by atoms with Gasteiger partial charge in [-0.2, -0.15) is 0 Å². The molecular weight excluding hydrogens is 323 g/mol. The number of aromatic nitrogens is 1. The van der Waals surface area contributed by atoms with E-state index in [1.165, 1.54) is 6.07 Å². The van der Waals surface area contributed by atoms with Gasteiger partial charge in [0.25, 0.3) is 0 Å². The summed E-state index contributed by atoms with van der Waals surface area (Å²) in [4.78, 5) is 29.5. The van der Waals surface area contributed by atoms with Crippen LogP contribution in [0.3, 0.4) is 0 Å². The van der Waals surface area contributed by atoms with E-state index in [2.05, 4.69) is 15.6 Å². The standard InChI is InChI=1S/C18H19FN4O2/c19-15-5-2-1-4-14(15)12-22-18(25)21-11-13-7-8-20-16(10-13)23-9-3-6-17(23)24/h1-2,4-5,7-8,10H,3,6,9,11-12H2,(H2,21,22,25). The van der Waals surface area contributed by atoms with Crippen molar-refractivity contribution in [3.8, 4) is 0 Å². The third-order valence-corrected chi connectivity index (χ3v) is 4.01. The van der Waals surface area contributed by atoms with Gasteiger partial charge in [0.1, 0.15) is 11.6 Å². The number of rotatable bonds is 5. The number of benzene rings is 1. The average Bonchev–Trinajstić information content (AvgIpc) is 3.05. The van der Waals surface area contributed by atoms with Crippen LogP contribution in [0.15, 0.2) is 42.6 Å². The molecule has 0 unspecified atom stereocenters. The van der Waals surface area contributed by atoms with E-state index in [9.17, 15) is 14.0 Å². The Balaban J connectivity index is 1.52. The molecule has 1 aromatic heterocycles. The zero-order chi connectivity index (χ0) is 17.6. The molecule has 25 heavy (non-hydrogen) atoms. The van der Waals surface area contributed by atoms with E-state index >= 15 is 0 Å². The summed E-state index contributed by atoms with van der Waals surface area (Å²) in [5.74, 6) is 0.325. The lowest BCUT2D eigenvalue weighted by Gasteiger charge is -2.15. The van der Waals surface area contributed by atoms with Gasteiger partial charge in [0, 0.05) is 37.8 Å². The van der Waals surface area contributed by atoms with Crippen LogP contribution >= 0.6 is 0 Å². The number of hydrogen-bond acceptors (Lipinski definition) is 3. The van der Waals surface area contributed by atoms with Crippen molar-refractivity contribution in [2.75, 3.05) is 11.4 Å². The van der Waals surface area contributed by atoms with Gasteiger partial charge >= 0.3 is 6.03 Å². The van der Waals surface area contributed by atoms with Gasteiger partial charge in [-0.3, -0.25) is 9.69 Å². The molecule has 1 aliphatic rings. The molecule has 1 aliphatic heterocycles. The molecule has 3 amide bonds. The quantitative estimate of drug-likeness (QED) is 0.876. The number of amides is 3. The van der Waals surface area contributed by atoms with E-state index in [-0.39, 0.29) is 24.3 Å². The Labute approximate surface area is 145 Å². The van der Waals surface area contributed by atoms with E-state index in [0.29, 0.717) is 30.9 Å². The van der Waals surface area contributed by atoms with Gasteiger partial charge in [0.05, 0.1) is 0 Å². The first kappa shape index (κ1) is 16.9. The Bertz CT molecular complexity index is 781. The molecule has 130 valence electrons. The number of carbonyl (C=O) groups excluding carboxylic acids is 2. The van der Waals surface area contributed by atoms with Crippen LogP contribution in [0.2, 0.25) is 0 Å². The maximum Gasteiger partial charge on any atom is 0.315 e. The normalized spacial score (nSPS) is 13.8. The number of halogens is 1. The molecule has 2 N–H and O–H groups in total. The highest BCUT2D eigenvalue weighted by molar-refractivity contribution is 5.94. The van der Waals surface area contributed by atoms with Crippen molar-refractivity contribution in [2.45, 2.75) is 25.9 Å². The molecule has 0 aliphatic carbocycles. The number of nitrogens with zero attached hydrogens (tertiary/aromatic N) is 2. The van der Waals surface area contributed by atoms with Gasteiger partial charge < -0.3 is 10.6 Å². The lowest BCUT2D eigenvalue weighted by molar-refractivity contribution is -0.117.